The maximum atomic E-state index is 12.6. The number of hydrogen-bond acceptors (Lipinski definition) is 2. The minimum absolute atomic E-state index is 0.0399. The summed E-state index contributed by atoms with van der Waals surface area (Å²) >= 11 is 6.11. The lowest BCUT2D eigenvalue weighted by Gasteiger charge is -2.33. The van der Waals surface area contributed by atoms with Crippen LogP contribution in [0.2, 0.25) is 5.02 Å². The van der Waals surface area contributed by atoms with Crippen molar-refractivity contribution < 1.29 is 9.53 Å². The number of piperidine rings is 1. The second-order valence-corrected chi connectivity index (χ2v) is 7.06. The van der Waals surface area contributed by atoms with Crippen molar-refractivity contribution in [1.29, 1.82) is 0 Å². The summed E-state index contributed by atoms with van der Waals surface area (Å²) in [5.74, 6) is 1.24. The number of hydrogen-bond donors (Lipinski definition) is 0. The van der Waals surface area contributed by atoms with Crippen molar-refractivity contribution in [3.63, 3.8) is 0 Å². The maximum absolute atomic E-state index is 12.6. The van der Waals surface area contributed by atoms with Crippen LogP contribution in [-0.2, 0) is 11.2 Å². The predicted octanol–water partition coefficient (Wildman–Crippen LogP) is 4.59. The summed E-state index contributed by atoms with van der Waals surface area (Å²) in [6, 6.07) is 17.8. The second-order valence-electron chi connectivity index (χ2n) is 6.65. The van der Waals surface area contributed by atoms with Gasteiger partial charge in [-0.15, -0.1) is 0 Å². The number of ether oxygens (including phenoxy) is 1. The van der Waals surface area contributed by atoms with Gasteiger partial charge in [0.25, 0.3) is 5.91 Å². The molecular weight excluding hydrogens is 334 g/mol. The number of benzene rings is 2. The molecule has 1 aliphatic rings. The molecular formula is C21H24ClNO2. The molecule has 0 spiro atoms. The van der Waals surface area contributed by atoms with Crippen LogP contribution in [0, 0.1) is 5.92 Å². The number of rotatable bonds is 5. The van der Waals surface area contributed by atoms with Crippen molar-refractivity contribution in [1.82, 2.24) is 4.90 Å². The largest absolute Gasteiger partial charge is 0.479 e. The number of para-hydroxylation sites is 1. The minimum Gasteiger partial charge on any atom is -0.479 e. The van der Waals surface area contributed by atoms with Gasteiger partial charge in [-0.2, -0.15) is 0 Å². The molecule has 4 heteroatoms. The van der Waals surface area contributed by atoms with E-state index in [0.29, 0.717) is 16.7 Å². The third kappa shape index (κ3) is 4.76. The summed E-state index contributed by atoms with van der Waals surface area (Å²) in [5, 5.41) is 0.531. The first kappa shape index (κ1) is 17.8. The molecule has 1 aliphatic heterocycles. The first-order valence-corrected chi connectivity index (χ1v) is 9.25. The third-order valence-electron chi connectivity index (χ3n) is 4.78. The molecule has 1 heterocycles. The van der Waals surface area contributed by atoms with E-state index in [-0.39, 0.29) is 5.91 Å². The standard InChI is InChI=1S/C21H24ClNO2/c1-16(25-20-10-6-5-9-19(20)22)21(24)23-13-11-18(12-14-23)15-17-7-3-2-4-8-17/h2-10,16,18H,11-15H2,1H3. The molecule has 0 N–H and O–H groups in total. The zero-order valence-corrected chi connectivity index (χ0v) is 15.3. The van der Waals surface area contributed by atoms with E-state index in [1.807, 2.05) is 23.1 Å². The summed E-state index contributed by atoms with van der Waals surface area (Å²) in [6.07, 6.45) is 2.65. The highest BCUT2D eigenvalue weighted by Crippen LogP contribution is 2.26. The number of nitrogens with zero attached hydrogens (tertiary/aromatic N) is 1. The van der Waals surface area contributed by atoms with Crippen LogP contribution in [-0.4, -0.2) is 30.0 Å². The Morgan fingerprint density at radius 2 is 1.76 bits per heavy atom. The van der Waals surface area contributed by atoms with Crippen molar-refractivity contribution in [2.45, 2.75) is 32.3 Å². The summed E-state index contributed by atoms with van der Waals surface area (Å²) in [7, 11) is 0. The predicted molar refractivity (Wildman–Crippen MR) is 101 cm³/mol. The number of amides is 1. The molecule has 0 saturated carbocycles. The molecule has 1 fully saturated rings. The Morgan fingerprint density at radius 1 is 1.12 bits per heavy atom. The Kier molecular flexibility index (Phi) is 5.98. The van der Waals surface area contributed by atoms with Crippen LogP contribution >= 0.6 is 11.6 Å². The van der Waals surface area contributed by atoms with Crippen molar-refractivity contribution in [3.8, 4) is 5.75 Å². The molecule has 1 unspecified atom stereocenters. The fourth-order valence-electron chi connectivity index (χ4n) is 3.34. The summed E-state index contributed by atoms with van der Waals surface area (Å²) in [5.41, 5.74) is 1.38. The van der Waals surface area contributed by atoms with E-state index in [4.69, 9.17) is 16.3 Å². The van der Waals surface area contributed by atoms with Gasteiger partial charge in [0.1, 0.15) is 5.75 Å². The van der Waals surface area contributed by atoms with E-state index in [1.165, 1.54) is 5.56 Å². The second kappa shape index (κ2) is 8.39. The average molecular weight is 358 g/mol. The highest BCUT2D eigenvalue weighted by atomic mass is 35.5. The van der Waals surface area contributed by atoms with Crippen LogP contribution in [0.25, 0.3) is 0 Å². The topological polar surface area (TPSA) is 29.5 Å². The summed E-state index contributed by atoms with van der Waals surface area (Å²) in [4.78, 5) is 14.6. The van der Waals surface area contributed by atoms with E-state index < -0.39 is 6.10 Å². The van der Waals surface area contributed by atoms with Crippen molar-refractivity contribution >= 4 is 17.5 Å². The smallest absolute Gasteiger partial charge is 0.263 e. The molecule has 132 valence electrons. The van der Waals surface area contributed by atoms with Crippen LogP contribution in [0.5, 0.6) is 5.75 Å². The Balaban J connectivity index is 1.50. The molecule has 3 rings (SSSR count). The molecule has 0 radical (unpaired) electrons. The van der Waals surface area contributed by atoms with Gasteiger partial charge in [-0.1, -0.05) is 54.1 Å². The molecule has 0 bridgehead atoms. The van der Waals surface area contributed by atoms with Crippen LogP contribution in [0.4, 0.5) is 0 Å². The Labute approximate surface area is 154 Å². The average Bonchev–Trinajstić information content (AvgIpc) is 2.64. The fraction of sp³-hybridized carbons (Fsp3) is 0.381. The zero-order valence-electron chi connectivity index (χ0n) is 14.5. The van der Waals surface area contributed by atoms with Gasteiger partial charge in [-0.3, -0.25) is 4.79 Å². The molecule has 3 nitrogen and oxygen atoms in total. The minimum atomic E-state index is -0.523. The molecule has 2 aromatic carbocycles. The Bertz CT molecular complexity index is 696. The zero-order chi connectivity index (χ0) is 17.6. The molecule has 1 atom stereocenters. The quantitative estimate of drug-likeness (QED) is 0.783. The molecule has 0 aromatic heterocycles. The van der Waals surface area contributed by atoms with Crippen molar-refractivity contribution in [2.24, 2.45) is 5.92 Å². The lowest BCUT2D eigenvalue weighted by atomic mass is 9.90. The highest BCUT2D eigenvalue weighted by molar-refractivity contribution is 6.32. The highest BCUT2D eigenvalue weighted by Gasteiger charge is 2.27. The lowest BCUT2D eigenvalue weighted by molar-refractivity contribution is -0.139. The van der Waals surface area contributed by atoms with Crippen LogP contribution < -0.4 is 4.74 Å². The number of likely N-dealkylation sites (tertiary alicyclic amines) is 1. The maximum Gasteiger partial charge on any atom is 0.263 e. The van der Waals surface area contributed by atoms with E-state index in [2.05, 4.69) is 24.3 Å². The summed E-state index contributed by atoms with van der Waals surface area (Å²) in [6.45, 7) is 3.39. The van der Waals surface area contributed by atoms with E-state index in [0.717, 1.165) is 32.4 Å². The van der Waals surface area contributed by atoms with Gasteiger partial charge >= 0.3 is 0 Å². The molecule has 1 saturated heterocycles. The molecule has 0 aliphatic carbocycles. The van der Waals surface area contributed by atoms with Crippen molar-refractivity contribution in [3.05, 3.63) is 65.2 Å². The van der Waals surface area contributed by atoms with Crippen LogP contribution in [0.3, 0.4) is 0 Å². The van der Waals surface area contributed by atoms with Crippen LogP contribution in [0.1, 0.15) is 25.3 Å². The molecule has 25 heavy (non-hydrogen) atoms. The Morgan fingerprint density at radius 3 is 2.44 bits per heavy atom. The van der Waals surface area contributed by atoms with Gasteiger partial charge < -0.3 is 9.64 Å². The van der Waals surface area contributed by atoms with E-state index >= 15 is 0 Å². The van der Waals surface area contributed by atoms with Gasteiger partial charge in [-0.05, 0) is 49.8 Å². The third-order valence-corrected chi connectivity index (χ3v) is 5.09. The van der Waals surface area contributed by atoms with Gasteiger partial charge in [0.2, 0.25) is 0 Å². The normalized spacial score (nSPS) is 16.5. The first-order valence-electron chi connectivity index (χ1n) is 8.87. The Hall–Kier alpha value is -2.00. The summed E-state index contributed by atoms with van der Waals surface area (Å²) < 4.78 is 5.76. The number of halogens is 1. The number of carbonyl (C=O) groups excluding carboxylic acids is 1. The van der Waals surface area contributed by atoms with Crippen molar-refractivity contribution in [2.75, 3.05) is 13.1 Å². The van der Waals surface area contributed by atoms with Gasteiger partial charge in [-0.25, -0.2) is 0 Å². The van der Waals surface area contributed by atoms with Gasteiger partial charge in [0, 0.05) is 13.1 Å². The molecule has 2 aromatic rings. The van der Waals surface area contributed by atoms with E-state index in [9.17, 15) is 4.79 Å². The fourth-order valence-corrected chi connectivity index (χ4v) is 3.52. The SMILES string of the molecule is CC(Oc1ccccc1Cl)C(=O)N1CCC(Cc2ccccc2)CC1. The molecule has 1 amide bonds. The number of carbonyl (C=O) groups is 1. The van der Waals surface area contributed by atoms with Gasteiger partial charge in [0.05, 0.1) is 5.02 Å². The van der Waals surface area contributed by atoms with Crippen LogP contribution in [0.15, 0.2) is 54.6 Å². The lowest BCUT2D eigenvalue weighted by Crippen LogP contribution is -2.45. The van der Waals surface area contributed by atoms with E-state index in [1.54, 1.807) is 19.1 Å². The van der Waals surface area contributed by atoms with Gasteiger partial charge in [0.15, 0.2) is 6.10 Å². The first-order chi connectivity index (χ1) is 12.1. The monoisotopic (exact) mass is 357 g/mol.